The van der Waals surface area contributed by atoms with Crippen molar-refractivity contribution >= 4 is 5.91 Å². The minimum absolute atomic E-state index is 0.103. The smallest absolute Gasteiger partial charge is 0.251 e. The summed E-state index contributed by atoms with van der Waals surface area (Å²) in [6.45, 7) is 4.91. The zero-order valence-electron chi connectivity index (χ0n) is 11.9. The van der Waals surface area contributed by atoms with E-state index in [2.05, 4.69) is 5.32 Å². The second kappa shape index (κ2) is 7.09. The second-order valence-corrected chi connectivity index (χ2v) is 4.87. The predicted octanol–water partition coefficient (Wildman–Crippen LogP) is 1.90. The third-order valence-corrected chi connectivity index (χ3v) is 2.40. The summed E-state index contributed by atoms with van der Waals surface area (Å²) in [5.74, 6) is -0.634. The van der Waals surface area contributed by atoms with Gasteiger partial charge in [0.05, 0.1) is 6.10 Å². The van der Waals surface area contributed by atoms with Crippen LogP contribution in [0.2, 0.25) is 0 Å². The number of carbonyl (C=O) groups is 1. The van der Waals surface area contributed by atoms with E-state index in [1.165, 1.54) is 12.1 Å². The maximum absolute atomic E-state index is 13.7. The molecule has 1 amide bonds. The molecule has 19 heavy (non-hydrogen) atoms. The topological polar surface area (TPSA) is 41.6 Å². The van der Waals surface area contributed by atoms with Gasteiger partial charge in [-0.15, -0.1) is 0 Å². The largest absolute Gasteiger partial charge is 0.488 e. The summed E-state index contributed by atoms with van der Waals surface area (Å²) in [7, 11) is 3.84. The number of nitrogens with zero attached hydrogens (tertiary/aromatic N) is 1. The third-order valence-electron chi connectivity index (χ3n) is 2.40. The van der Waals surface area contributed by atoms with E-state index in [-0.39, 0.29) is 17.8 Å². The minimum Gasteiger partial charge on any atom is -0.488 e. The third kappa shape index (κ3) is 5.26. The molecule has 5 heteroatoms. The van der Waals surface area contributed by atoms with Crippen LogP contribution in [0.5, 0.6) is 5.75 Å². The predicted molar refractivity (Wildman–Crippen MR) is 73.1 cm³/mol. The van der Waals surface area contributed by atoms with Gasteiger partial charge in [0.1, 0.15) is 0 Å². The lowest BCUT2D eigenvalue weighted by Crippen LogP contribution is -2.31. The number of benzene rings is 1. The van der Waals surface area contributed by atoms with Gasteiger partial charge in [-0.25, -0.2) is 4.39 Å². The van der Waals surface area contributed by atoms with Gasteiger partial charge in [0.15, 0.2) is 11.6 Å². The first-order valence-electron chi connectivity index (χ1n) is 6.29. The number of halogens is 1. The fourth-order valence-corrected chi connectivity index (χ4v) is 1.49. The van der Waals surface area contributed by atoms with Crippen LogP contribution in [0.1, 0.15) is 24.2 Å². The van der Waals surface area contributed by atoms with E-state index < -0.39 is 5.82 Å². The molecule has 1 aromatic carbocycles. The Morgan fingerprint density at radius 2 is 2.11 bits per heavy atom. The van der Waals surface area contributed by atoms with Crippen LogP contribution < -0.4 is 10.1 Å². The number of rotatable bonds is 6. The second-order valence-electron chi connectivity index (χ2n) is 4.87. The van der Waals surface area contributed by atoms with Crippen molar-refractivity contribution in [2.24, 2.45) is 0 Å². The van der Waals surface area contributed by atoms with Gasteiger partial charge in [-0.1, -0.05) is 0 Å². The average Bonchev–Trinajstić information content (AvgIpc) is 2.30. The zero-order chi connectivity index (χ0) is 14.4. The van der Waals surface area contributed by atoms with E-state index in [1.54, 1.807) is 6.07 Å². The molecule has 0 atom stereocenters. The lowest BCUT2D eigenvalue weighted by Gasteiger charge is -2.12. The first-order chi connectivity index (χ1) is 8.90. The van der Waals surface area contributed by atoms with E-state index >= 15 is 0 Å². The molecule has 0 unspecified atom stereocenters. The summed E-state index contributed by atoms with van der Waals surface area (Å²) in [6.07, 6.45) is -0.103. The molecule has 106 valence electrons. The summed E-state index contributed by atoms with van der Waals surface area (Å²) in [5.41, 5.74) is 0.298. The van der Waals surface area contributed by atoms with Crippen molar-refractivity contribution in [3.8, 4) is 5.75 Å². The zero-order valence-corrected chi connectivity index (χ0v) is 11.9. The van der Waals surface area contributed by atoms with Gasteiger partial charge >= 0.3 is 0 Å². The molecule has 0 aliphatic rings. The Balaban J connectivity index is 2.64. The van der Waals surface area contributed by atoms with Gasteiger partial charge in [0.2, 0.25) is 0 Å². The van der Waals surface area contributed by atoms with E-state index in [4.69, 9.17) is 4.74 Å². The molecule has 0 bridgehead atoms. The Bertz CT molecular complexity index is 433. The highest BCUT2D eigenvalue weighted by Crippen LogP contribution is 2.19. The molecule has 1 N–H and O–H groups in total. The molecule has 0 spiro atoms. The Kier molecular flexibility index (Phi) is 5.76. The van der Waals surface area contributed by atoms with Gasteiger partial charge in [-0.3, -0.25) is 4.79 Å². The summed E-state index contributed by atoms with van der Waals surface area (Å²) < 4.78 is 19.0. The van der Waals surface area contributed by atoms with Crippen molar-refractivity contribution in [1.29, 1.82) is 0 Å². The highest BCUT2D eigenvalue weighted by atomic mass is 19.1. The van der Waals surface area contributed by atoms with Gasteiger partial charge in [-0.2, -0.15) is 0 Å². The van der Waals surface area contributed by atoms with Crippen molar-refractivity contribution in [2.45, 2.75) is 20.0 Å². The first-order valence-corrected chi connectivity index (χ1v) is 6.29. The average molecular weight is 268 g/mol. The summed E-state index contributed by atoms with van der Waals surface area (Å²) in [5, 5.41) is 2.73. The molecule has 0 saturated heterocycles. The van der Waals surface area contributed by atoms with E-state index in [0.717, 1.165) is 6.54 Å². The van der Waals surface area contributed by atoms with Gasteiger partial charge < -0.3 is 15.0 Å². The standard InChI is InChI=1S/C14H21FN2O2/c1-10(2)19-13-6-5-11(9-12(13)15)14(18)16-7-8-17(3)4/h5-6,9-10H,7-8H2,1-4H3,(H,16,18). The molecule has 0 aliphatic heterocycles. The highest BCUT2D eigenvalue weighted by molar-refractivity contribution is 5.94. The number of carbonyl (C=O) groups excluding carboxylic acids is 1. The summed E-state index contributed by atoms with van der Waals surface area (Å²) >= 11 is 0. The number of hydrogen-bond donors (Lipinski definition) is 1. The maximum atomic E-state index is 13.7. The van der Waals surface area contributed by atoms with Crippen molar-refractivity contribution < 1.29 is 13.9 Å². The molecule has 0 saturated carbocycles. The molecule has 1 aromatic rings. The van der Waals surface area contributed by atoms with Gasteiger partial charge in [0, 0.05) is 18.7 Å². The van der Waals surface area contributed by atoms with Crippen molar-refractivity contribution in [3.05, 3.63) is 29.6 Å². The fourth-order valence-electron chi connectivity index (χ4n) is 1.49. The minimum atomic E-state index is -0.519. The Morgan fingerprint density at radius 1 is 1.42 bits per heavy atom. The molecule has 0 radical (unpaired) electrons. The van der Waals surface area contributed by atoms with Crippen LogP contribution in [0.25, 0.3) is 0 Å². The number of likely N-dealkylation sites (N-methyl/N-ethyl adjacent to an activating group) is 1. The van der Waals surface area contributed by atoms with Crippen molar-refractivity contribution in [2.75, 3.05) is 27.2 Å². The monoisotopic (exact) mass is 268 g/mol. The first kappa shape index (κ1) is 15.4. The van der Waals surface area contributed by atoms with Crippen LogP contribution in [0.3, 0.4) is 0 Å². The highest BCUT2D eigenvalue weighted by Gasteiger charge is 2.11. The van der Waals surface area contributed by atoms with Gasteiger partial charge in [0.25, 0.3) is 5.91 Å². The summed E-state index contributed by atoms with van der Waals surface area (Å²) in [6, 6.07) is 4.24. The molecular formula is C14H21FN2O2. The molecule has 0 heterocycles. The van der Waals surface area contributed by atoms with Crippen LogP contribution in [0.4, 0.5) is 4.39 Å². The Hall–Kier alpha value is -1.62. The number of nitrogens with one attached hydrogen (secondary N) is 1. The fraction of sp³-hybridized carbons (Fsp3) is 0.500. The van der Waals surface area contributed by atoms with Crippen LogP contribution >= 0.6 is 0 Å². The molecule has 4 nitrogen and oxygen atoms in total. The molecule has 0 fully saturated rings. The lowest BCUT2D eigenvalue weighted by molar-refractivity contribution is 0.0950. The van der Waals surface area contributed by atoms with Crippen LogP contribution in [0, 0.1) is 5.82 Å². The molecule has 0 aromatic heterocycles. The van der Waals surface area contributed by atoms with Crippen molar-refractivity contribution in [1.82, 2.24) is 10.2 Å². The normalized spacial score (nSPS) is 10.9. The van der Waals surface area contributed by atoms with Crippen LogP contribution in [-0.4, -0.2) is 44.1 Å². The van der Waals surface area contributed by atoms with Crippen LogP contribution in [-0.2, 0) is 0 Å². The van der Waals surface area contributed by atoms with Crippen molar-refractivity contribution in [3.63, 3.8) is 0 Å². The maximum Gasteiger partial charge on any atom is 0.251 e. The number of ether oxygens (including phenoxy) is 1. The van der Waals surface area contributed by atoms with Crippen LogP contribution in [0.15, 0.2) is 18.2 Å². The van der Waals surface area contributed by atoms with E-state index in [1.807, 2.05) is 32.8 Å². The lowest BCUT2D eigenvalue weighted by atomic mass is 10.2. The molecular weight excluding hydrogens is 247 g/mol. The Morgan fingerprint density at radius 3 is 2.63 bits per heavy atom. The molecule has 1 rings (SSSR count). The SMILES string of the molecule is CC(C)Oc1ccc(C(=O)NCCN(C)C)cc1F. The van der Waals surface area contributed by atoms with E-state index in [0.29, 0.717) is 12.1 Å². The number of hydrogen-bond acceptors (Lipinski definition) is 3. The van der Waals surface area contributed by atoms with Gasteiger partial charge in [-0.05, 0) is 46.1 Å². The summed E-state index contributed by atoms with van der Waals surface area (Å²) in [4.78, 5) is 13.7. The molecule has 0 aliphatic carbocycles. The quantitative estimate of drug-likeness (QED) is 0.857. The Labute approximate surface area is 113 Å². The number of amides is 1. The van der Waals surface area contributed by atoms with E-state index in [9.17, 15) is 9.18 Å².